The van der Waals surface area contributed by atoms with Crippen LogP contribution in [0.2, 0.25) is 5.02 Å². The number of halogens is 1. The predicted octanol–water partition coefficient (Wildman–Crippen LogP) is 6.15. The monoisotopic (exact) mass is 505 g/mol. The zero-order chi connectivity index (χ0) is 24.6. The van der Waals surface area contributed by atoms with Crippen LogP contribution in [0.25, 0.3) is 11.1 Å². The van der Waals surface area contributed by atoms with E-state index in [1.807, 2.05) is 18.3 Å². The van der Waals surface area contributed by atoms with Crippen LogP contribution in [0.1, 0.15) is 44.2 Å². The Hall–Kier alpha value is -2.67. The van der Waals surface area contributed by atoms with Gasteiger partial charge in [0.25, 0.3) is 0 Å². The maximum atomic E-state index is 6.59. The van der Waals surface area contributed by atoms with Crippen molar-refractivity contribution in [3.63, 3.8) is 0 Å². The van der Waals surface area contributed by atoms with Crippen molar-refractivity contribution in [1.82, 2.24) is 15.3 Å². The molecule has 3 heterocycles. The normalized spacial score (nSPS) is 20.7. The highest BCUT2D eigenvalue weighted by Crippen LogP contribution is 2.32. The summed E-state index contributed by atoms with van der Waals surface area (Å²) in [7, 11) is 0. The van der Waals surface area contributed by atoms with Crippen LogP contribution in [-0.2, 0) is 11.3 Å². The molecule has 0 unspecified atom stereocenters. The molecule has 3 aromatic rings. The van der Waals surface area contributed by atoms with Crippen molar-refractivity contribution >= 4 is 23.1 Å². The predicted molar refractivity (Wildman–Crippen MR) is 147 cm³/mol. The molecular formula is C29H36ClN5O. The standard InChI is InChI=1S/C29H36ClN5O/c30-28-20-34-29(35-24-9-7-23(8-10-24)33-19-26-5-1-2-13-31-26)17-27(28)22-4-3-6-25(16-22)32-18-21-11-14-36-15-12-21/h1-6,13,16-17,20-21,23-24,32-33H,7-12,14-15,18-19H2,(H,34,35)/t23-,24-. The summed E-state index contributed by atoms with van der Waals surface area (Å²) in [5, 5.41) is 11.6. The molecule has 1 aliphatic heterocycles. The minimum Gasteiger partial charge on any atom is -0.385 e. The van der Waals surface area contributed by atoms with E-state index in [-0.39, 0.29) is 0 Å². The summed E-state index contributed by atoms with van der Waals surface area (Å²) in [6.07, 6.45) is 10.4. The molecule has 2 fully saturated rings. The van der Waals surface area contributed by atoms with Gasteiger partial charge in [-0.3, -0.25) is 4.98 Å². The zero-order valence-electron chi connectivity index (χ0n) is 20.8. The Labute approximate surface area is 219 Å². The van der Waals surface area contributed by atoms with Gasteiger partial charge in [0, 0.05) is 62.0 Å². The van der Waals surface area contributed by atoms with Gasteiger partial charge in [-0.25, -0.2) is 4.98 Å². The lowest BCUT2D eigenvalue weighted by Gasteiger charge is -2.30. The van der Waals surface area contributed by atoms with Gasteiger partial charge in [0.05, 0.1) is 10.7 Å². The Morgan fingerprint density at radius 3 is 2.53 bits per heavy atom. The fourth-order valence-electron chi connectivity index (χ4n) is 5.15. The molecule has 6 nitrogen and oxygen atoms in total. The van der Waals surface area contributed by atoms with E-state index in [0.29, 0.717) is 23.0 Å². The van der Waals surface area contributed by atoms with Gasteiger partial charge in [0.15, 0.2) is 0 Å². The molecule has 7 heteroatoms. The van der Waals surface area contributed by atoms with E-state index in [9.17, 15) is 0 Å². The second-order valence-electron chi connectivity index (χ2n) is 9.96. The van der Waals surface area contributed by atoms with Gasteiger partial charge in [0.1, 0.15) is 5.82 Å². The second-order valence-corrected chi connectivity index (χ2v) is 10.4. The van der Waals surface area contributed by atoms with E-state index in [1.165, 1.54) is 0 Å². The van der Waals surface area contributed by atoms with Crippen LogP contribution >= 0.6 is 11.6 Å². The minimum absolute atomic E-state index is 0.423. The van der Waals surface area contributed by atoms with E-state index >= 15 is 0 Å². The fraction of sp³-hybridized carbons (Fsp3) is 0.448. The third-order valence-electron chi connectivity index (χ3n) is 7.34. The van der Waals surface area contributed by atoms with E-state index in [4.69, 9.17) is 16.3 Å². The van der Waals surface area contributed by atoms with Crippen molar-refractivity contribution in [1.29, 1.82) is 0 Å². The molecule has 1 saturated carbocycles. The molecule has 2 aliphatic rings. The number of benzene rings is 1. The molecule has 1 saturated heterocycles. The topological polar surface area (TPSA) is 71.1 Å². The highest BCUT2D eigenvalue weighted by Gasteiger charge is 2.21. The first kappa shape index (κ1) is 25.0. The summed E-state index contributed by atoms with van der Waals surface area (Å²) in [5.74, 6) is 1.56. The number of ether oxygens (including phenoxy) is 1. The van der Waals surface area contributed by atoms with Gasteiger partial charge in [-0.05, 0) is 80.3 Å². The molecule has 0 atom stereocenters. The average molecular weight is 506 g/mol. The number of nitrogens with one attached hydrogen (secondary N) is 3. The highest BCUT2D eigenvalue weighted by atomic mass is 35.5. The van der Waals surface area contributed by atoms with Crippen molar-refractivity contribution in [3.8, 4) is 11.1 Å². The van der Waals surface area contributed by atoms with Crippen molar-refractivity contribution < 1.29 is 4.74 Å². The molecule has 36 heavy (non-hydrogen) atoms. The SMILES string of the molecule is Clc1cnc(N[C@H]2CC[C@H](NCc3ccccn3)CC2)cc1-c1cccc(NCC2CCOCC2)c1. The molecule has 0 bridgehead atoms. The minimum atomic E-state index is 0.423. The third kappa shape index (κ3) is 6.96. The Morgan fingerprint density at radius 2 is 1.72 bits per heavy atom. The average Bonchev–Trinajstić information content (AvgIpc) is 2.94. The van der Waals surface area contributed by atoms with Gasteiger partial charge < -0.3 is 20.7 Å². The first-order valence-electron chi connectivity index (χ1n) is 13.2. The van der Waals surface area contributed by atoms with Crippen LogP contribution in [-0.4, -0.2) is 41.8 Å². The maximum absolute atomic E-state index is 6.59. The second kappa shape index (κ2) is 12.5. The highest BCUT2D eigenvalue weighted by molar-refractivity contribution is 6.33. The number of hydrogen-bond acceptors (Lipinski definition) is 6. The molecule has 1 aromatic carbocycles. The molecule has 190 valence electrons. The Balaban J connectivity index is 1.15. The largest absolute Gasteiger partial charge is 0.385 e. The van der Waals surface area contributed by atoms with Crippen LogP contribution in [0.3, 0.4) is 0 Å². The Kier molecular flexibility index (Phi) is 8.70. The van der Waals surface area contributed by atoms with Crippen molar-refractivity contribution in [2.45, 2.75) is 57.2 Å². The Bertz CT molecular complexity index is 1100. The van der Waals surface area contributed by atoms with E-state index in [1.54, 1.807) is 6.20 Å². The molecule has 0 radical (unpaired) electrons. The molecule has 0 amide bonds. The number of pyridine rings is 2. The van der Waals surface area contributed by atoms with Gasteiger partial charge in [-0.1, -0.05) is 29.8 Å². The summed E-state index contributed by atoms with van der Waals surface area (Å²) in [6, 6.07) is 17.6. The van der Waals surface area contributed by atoms with E-state index < -0.39 is 0 Å². The molecule has 2 aromatic heterocycles. The number of rotatable bonds is 9. The van der Waals surface area contributed by atoms with Crippen LogP contribution in [0.15, 0.2) is 60.9 Å². The summed E-state index contributed by atoms with van der Waals surface area (Å²) in [5.41, 5.74) is 4.33. The molecule has 1 aliphatic carbocycles. The van der Waals surface area contributed by atoms with E-state index in [2.05, 4.69) is 62.3 Å². The van der Waals surface area contributed by atoms with Crippen molar-refractivity contribution in [2.24, 2.45) is 5.92 Å². The van der Waals surface area contributed by atoms with Crippen LogP contribution in [0, 0.1) is 5.92 Å². The maximum Gasteiger partial charge on any atom is 0.126 e. The summed E-state index contributed by atoms with van der Waals surface area (Å²) >= 11 is 6.59. The van der Waals surface area contributed by atoms with Gasteiger partial charge in [0.2, 0.25) is 0 Å². The molecule has 5 rings (SSSR count). The molecule has 0 spiro atoms. The zero-order valence-corrected chi connectivity index (χ0v) is 21.5. The number of hydrogen-bond donors (Lipinski definition) is 3. The van der Waals surface area contributed by atoms with Crippen molar-refractivity contribution in [2.75, 3.05) is 30.4 Å². The van der Waals surface area contributed by atoms with Gasteiger partial charge in [-0.2, -0.15) is 0 Å². The fourth-order valence-corrected chi connectivity index (χ4v) is 5.36. The first-order chi connectivity index (χ1) is 17.7. The third-order valence-corrected chi connectivity index (χ3v) is 7.64. The summed E-state index contributed by atoms with van der Waals surface area (Å²) in [6.45, 7) is 3.55. The van der Waals surface area contributed by atoms with Gasteiger partial charge >= 0.3 is 0 Å². The van der Waals surface area contributed by atoms with Crippen molar-refractivity contribution in [3.05, 3.63) is 71.6 Å². The number of aromatic nitrogens is 2. The molecular weight excluding hydrogens is 470 g/mol. The molecule has 3 N–H and O–H groups in total. The van der Waals surface area contributed by atoms with Crippen LogP contribution in [0.5, 0.6) is 0 Å². The first-order valence-corrected chi connectivity index (χ1v) is 13.6. The smallest absolute Gasteiger partial charge is 0.126 e. The van der Waals surface area contributed by atoms with Gasteiger partial charge in [-0.15, -0.1) is 0 Å². The van der Waals surface area contributed by atoms with E-state index in [0.717, 1.165) is 93.2 Å². The summed E-state index contributed by atoms with van der Waals surface area (Å²) < 4.78 is 5.48. The Morgan fingerprint density at radius 1 is 0.889 bits per heavy atom. The van der Waals surface area contributed by atoms with Crippen LogP contribution < -0.4 is 16.0 Å². The number of anilines is 2. The lowest BCUT2D eigenvalue weighted by molar-refractivity contribution is 0.0699. The van der Waals surface area contributed by atoms with Crippen LogP contribution in [0.4, 0.5) is 11.5 Å². The summed E-state index contributed by atoms with van der Waals surface area (Å²) in [4.78, 5) is 8.99. The number of nitrogens with zero attached hydrogens (tertiary/aromatic N) is 2. The lowest BCUT2D eigenvalue weighted by Crippen LogP contribution is -2.36. The lowest BCUT2D eigenvalue weighted by atomic mass is 9.91. The quantitative estimate of drug-likeness (QED) is 0.324.